The van der Waals surface area contributed by atoms with E-state index < -0.39 is 17.2 Å². The molecule has 1 aromatic carbocycles. The molecule has 0 spiro atoms. The van der Waals surface area contributed by atoms with Crippen LogP contribution in [0, 0.1) is 5.82 Å². The number of phenolic OH excluding ortho intramolecular Hbond substituents is 1. The highest BCUT2D eigenvalue weighted by atomic mass is 32.2. The van der Waals surface area contributed by atoms with Gasteiger partial charge in [-0.05, 0) is 63.3 Å². The van der Waals surface area contributed by atoms with Crippen LogP contribution >= 0.6 is 0 Å². The summed E-state index contributed by atoms with van der Waals surface area (Å²) in [5.74, 6) is -0.916. The molecule has 5 heteroatoms. The Kier molecular flexibility index (Phi) is 4.62. The van der Waals surface area contributed by atoms with Crippen LogP contribution in [0.2, 0.25) is 0 Å². The van der Waals surface area contributed by atoms with Crippen LogP contribution in [0.15, 0.2) is 12.1 Å². The van der Waals surface area contributed by atoms with E-state index in [9.17, 15) is 14.0 Å². The maximum Gasteiger partial charge on any atom is 0.165 e. The zero-order chi connectivity index (χ0) is 14.9. The molecule has 0 saturated heterocycles. The molecule has 0 saturated carbocycles. The first-order valence-corrected chi connectivity index (χ1v) is 8.13. The quantitative estimate of drug-likeness (QED) is 0.650. The van der Waals surface area contributed by atoms with E-state index in [1.807, 2.05) is 20.8 Å². The minimum atomic E-state index is -1.20. The van der Waals surface area contributed by atoms with Gasteiger partial charge < -0.3 is 9.66 Å². The molecule has 1 unspecified atom stereocenters. The SMILES string of the molecule is CC(C)(C)[S+]([O-])N[C@@H]1CCCCc2cc(O)c(F)cc21. The number of hydrogen-bond donors (Lipinski definition) is 2. The smallest absolute Gasteiger partial charge is 0.165 e. The van der Waals surface area contributed by atoms with Gasteiger partial charge in [0.15, 0.2) is 11.6 Å². The van der Waals surface area contributed by atoms with Crippen LogP contribution in [-0.2, 0) is 17.8 Å². The molecule has 0 amide bonds. The van der Waals surface area contributed by atoms with E-state index in [1.54, 1.807) is 0 Å². The molecule has 2 atom stereocenters. The average Bonchev–Trinajstić information content (AvgIpc) is 2.52. The molecule has 0 radical (unpaired) electrons. The Morgan fingerprint density at radius 3 is 2.70 bits per heavy atom. The summed E-state index contributed by atoms with van der Waals surface area (Å²) in [6.07, 6.45) is 3.65. The summed E-state index contributed by atoms with van der Waals surface area (Å²) < 4.78 is 28.7. The molecule has 0 aromatic heterocycles. The van der Waals surface area contributed by atoms with Gasteiger partial charge in [-0.1, -0.05) is 6.42 Å². The highest BCUT2D eigenvalue weighted by Gasteiger charge is 2.31. The largest absolute Gasteiger partial charge is 0.598 e. The number of fused-ring (bicyclic) bond motifs is 1. The van der Waals surface area contributed by atoms with E-state index >= 15 is 0 Å². The number of nitrogens with one attached hydrogen (secondary N) is 1. The number of rotatable bonds is 2. The van der Waals surface area contributed by atoms with Crippen molar-refractivity contribution >= 4 is 11.4 Å². The van der Waals surface area contributed by atoms with Crippen LogP contribution < -0.4 is 4.72 Å². The second-order valence-electron chi connectivity index (χ2n) is 6.30. The molecule has 3 nitrogen and oxygen atoms in total. The van der Waals surface area contributed by atoms with E-state index in [0.29, 0.717) is 0 Å². The van der Waals surface area contributed by atoms with Gasteiger partial charge >= 0.3 is 0 Å². The molecule has 20 heavy (non-hydrogen) atoms. The zero-order valence-electron chi connectivity index (χ0n) is 12.2. The van der Waals surface area contributed by atoms with Crippen molar-refractivity contribution in [2.24, 2.45) is 0 Å². The molecule has 1 aliphatic carbocycles. The highest BCUT2D eigenvalue weighted by Crippen LogP contribution is 2.33. The Morgan fingerprint density at radius 2 is 2.05 bits per heavy atom. The van der Waals surface area contributed by atoms with Crippen LogP contribution in [-0.4, -0.2) is 14.4 Å². The summed E-state index contributed by atoms with van der Waals surface area (Å²) >= 11 is -1.20. The molecule has 0 bridgehead atoms. The van der Waals surface area contributed by atoms with Crippen molar-refractivity contribution in [1.29, 1.82) is 0 Å². The van der Waals surface area contributed by atoms with Gasteiger partial charge in [-0.15, -0.1) is 4.72 Å². The molecule has 2 N–H and O–H groups in total. The molecule has 112 valence electrons. The zero-order valence-corrected chi connectivity index (χ0v) is 13.0. The third-order valence-corrected chi connectivity index (χ3v) is 5.19. The lowest BCUT2D eigenvalue weighted by atomic mass is 9.99. The monoisotopic (exact) mass is 299 g/mol. The van der Waals surface area contributed by atoms with Crippen molar-refractivity contribution in [2.75, 3.05) is 0 Å². The Hall–Kier alpha value is -0.780. The van der Waals surface area contributed by atoms with Crippen LogP contribution in [0.1, 0.15) is 57.2 Å². The summed E-state index contributed by atoms with van der Waals surface area (Å²) in [7, 11) is 0. The fourth-order valence-corrected chi connectivity index (χ4v) is 3.27. The summed E-state index contributed by atoms with van der Waals surface area (Å²) in [5, 5.41) is 9.51. The number of halogens is 1. The standard InChI is InChI=1S/C15H22FNO2S/c1-15(2,3)20(19)17-13-7-5-4-6-10-8-14(18)12(16)9-11(10)13/h8-9,13,17-18H,4-7H2,1-3H3/t13-,20?/m1/s1. The maximum absolute atomic E-state index is 13.6. The second kappa shape index (κ2) is 5.92. The van der Waals surface area contributed by atoms with Crippen molar-refractivity contribution in [2.45, 2.75) is 57.2 Å². The molecule has 0 fully saturated rings. The summed E-state index contributed by atoms with van der Waals surface area (Å²) in [6, 6.07) is 2.76. The van der Waals surface area contributed by atoms with Crippen LogP contribution in [0.25, 0.3) is 0 Å². The van der Waals surface area contributed by atoms with Crippen LogP contribution in [0.4, 0.5) is 4.39 Å². The maximum atomic E-state index is 13.6. The van der Waals surface area contributed by atoms with Crippen molar-refractivity contribution < 1.29 is 14.0 Å². The lowest BCUT2D eigenvalue weighted by Gasteiger charge is -2.28. The van der Waals surface area contributed by atoms with Gasteiger partial charge in [-0.3, -0.25) is 0 Å². The van der Waals surface area contributed by atoms with E-state index in [2.05, 4.69) is 4.72 Å². The predicted octanol–water partition coefficient (Wildman–Crippen LogP) is 3.35. The van der Waals surface area contributed by atoms with Gasteiger partial charge in [0.2, 0.25) is 0 Å². The summed E-state index contributed by atoms with van der Waals surface area (Å²) in [5.41, 5.74) is 1.78. The minimum Gasteiger partial charge on any atom is -0.598 e. The Labute approximate surface area is 122 Å². The van der Waals surface area contributed by atoms with E-state index in [-0.39, 0.29) is 16.5 Å². The van der Waals surface area contributed by atoms with E-state index in [1.165, 1.54) is 12.1 Å². The van der Waals surface area contributed by atoms with Crippen molar-refractivity contribution in [3.05, 3.63) is 29.1 Å². The second-order valence-corrected chi connectivity index (χ2v) is 8.30. The van der Waals surface area contributed by atoms with Gasteiger partial charge in [0.25, 0.3) is 0 Å². The lowest BCUT2D eigenvalue weighted by Crippen LogP contribution is -2.41. The highest BCUT2D eigenvalue weighted by molar-refractivity contribution is 7.90. The molecule has 1 aromatic rings. The normalized spacial score (nSPS) is 21.1. The van der Waals surface area contributed by atoms with E-state index in [0.717, 1.165) is 36.8 Å². The Morgan fingerprint density at radius 1 is 1.35 bits per heavy atom. The van der Waals surface area contributed by atoms with Crippen molar-refractivity contribution in [1.82, 2.24) is 4.72 Å². The predicted molar refractivity (Wildman–Crippen MR) is 79.4 cm³/mol. The first-order chi connectivity index (χ1) is 9.29. The number of hydrogen-bond acceptors (Lipinski definition) is 3. The van der Waals surface area contributed by atoms with Gasteiger partial charge in [-0.25, -0.2) is 4.39 Å². The topological polar surface area (TPSA) is 55.3 Å². The third-order valence-electron chi connectivity index (χ3n) is 3.58. The first kappa shape index (κ1) is 15.6. The third kappa shape index (κ3) is 3.45. The lowest BCUT2D eigenvalue weighted by molar-refractivity contribution is 0.430. The Balaban J connectivity index is 2.30. The fourth-order valence-electron chi connectivity index (χ4n) is 2.41. The fraction of sp³-hybridized carbons (Fsp3) is 0.600. The van der Waals surface area contributed by atoms with E-state index in [4.69, 9.17) is 0 Å². The van der Waals surface area contributed by atoms with Crippen molar-refractivity contribution in [3.63, 3.8) is 0 Å². The van der Waals surface area contributed by atoms with Gasteiger partial charge in [0, 0.05) is 11.4 Å². The molecule has 0 aliphatic heterocycles. The van der Waals surface area contributed by atoms with Gasteiger partial charge in [0.05, 0.1) is 6.04 Å². The first-order valence-electron chi connectivity index (χ1n) is 6.98. The number of phenols is 1. The van der Waals surface area contributed by atoms with Crippen LogP contribution in [0.5, 0.6) is 5.75 Å². The summed E-state index contributed by atoms with van der Waals surface area (Å²) in [6.45, 7) is 5.72. The summed E-state index contributed by atoms with van der Waals surface area (Å²) in [4.78, 5) is 0. The molecular formula is C15H22FNO2S. The minimum absolute atomic E-state index is 0.123. The molecule has 0 heterocycles. The van der Waals surface area contributed by atoms with Crippen LogP contribution in [0.3, 0.4) is 0 Å². The number of aryl methyl sites for hydroxylation is 1. The van der Waals surface area contributed by atoms with Gasteiger partial charge in [0.1, 0.15) is 4.75 Å². The molecule has 1 aliphatic rings. The molecule has 2 rings (SSSR count). The van der Waals surface area contributed by atoms with Gasteiger partial charge in [-0.2, -0.15) is 0 Å². The number of aromatic hydroxyl groups is 1. The van der Waals surface area contributed by atoms with Crippen molar-refractivity contribution in [3.8, 4) is 5.75 Å². The Bertz CT molecular complexity index is 487. The average molecular weight is 299 g/mol. The molecular weight excluding hydrogens is 277 g/mol. The number of benzene rings is 1.